The molecule has 2 rings (SSSR count). The van der Waals surface area contributed by atoms with Gasteiger partial charge in [-0.1, -0.05) is 56.3 Å². The van der Waals surface area contributed by atoms with Crippen LogP contribution in [0.2, 0.25) is 0 Å². The summed E-state index contributed by atoms with van der Waals surface area (Å²) in [5.41, 5.74) is 2.33. The molecule has 1 N–H and O–H groups in total. The number of carbonyl (C=O) groups excluding carboxylic acids is 2. The summed E-state index contributed by atoms with van der Waals surface area (Å²) in [6.45, 7) is 5.64. The molecule has 138 valence electrons. The minimum Gasteiger partial charge on any atom is -0.448 e. The molecule has 2 aromatic carbocycles. The van der Waals surface area contributed by atoms with Gasteiger partial charge >= 0.3 is 5.97 Å². The Labute approximate surface area is 159 Å². The van der Waals surface area contributed by atoms with Gasteiger partial charge in [0.25, 0.3) is 5.91 Å². The number of nitrogens with one attached hydrogen (secondary N) is 1. The highest BCUT2D eigenvalue weighted by atomic mass is 16.5. The fraction of sp³-hybridized carbons (Fsp3) is 0.227. The monoisotopic (exact) mass is 362 g/mol. The van der Waals surface area contributed by atoms with Crippen molar-refractivity contribution in [3.63, 3.8) is 0 Å². The van der Waals surface area contributed by atoms with Crippen LogP contribution in [0.5, 0.6) is 0 Å². The maximum Gasteiger partial charge on any atom is 0.349 e. The lowest BCUT2D eigenvalue weighted by molar-refractivity contribution is -0.148. The van der Waals surface area contributed by atoms with E-state index in [4.69, 9.17) is 4.74 Å². The number of anilines is 1. The van der Waals surface area contributed by atoms with Gasteiger partial charge in [0.2, 0.25) is 0 Å². The molecular weight excluding hydrogens is 340 g/mol. The zero-order chi connectivity index (χ0) is 19.8. The number of hydrogen-bond donors (Lipinski definition) is 1. The third-order valence-corrected chi connectivity index (χ3v) is 3.95. The quantitative estimate of drug-likeness (QED) is 0.472. The lowest BCUT2D eigenvalue weighted by Crippen LogP contribution is -2.30. The first kappa shape index (κ1) is 19.9. The molecule has 0 fully saturated rings. The van der Waals surface area contributed by atoms with E-state index in [0.717, 1.165) is 0 Å². The Morgan fingerprint density at radius 1 is 1.04 bits per heavy atom. The second kappa shape index (κ2) is 9.35. The molecule has 27 heavy (non-hydrogen) atoms. The smallest absolute Gasteiger partial charge is 0.349 e. The second-order valence-electron chi connectivity index (χ2n) is 6.39. The Morgan fingerprint density at radius 3 is 2.22 bits per heavy atom. The summed E-state index contributed by atoms with van der Waals surface area (Å²) in [6, 6.07) is 18.3. The molecule has 0 saturated carbocycles. The number of carbonyl (C=O) groups is 2. The van der Waals surface area contributed by atoms with Crippen molar-refractivity contribution in [1.82, 2.24) is 0 Å². The summed E-state index contributed by atoms with van der Waals surface area (Å²) in [6.07, 6.45) is 0.423. The summed E-state index contributed by atoms with van der Waals surface area (Å²) in [4.78, 5) is 24.4. The number of hydrogen-bond acceptors (Lipinski definition) is 4. The first-order valence-electron chi connectivity index (χ1n) is 8.69. The van der Waals surface area contributed by atoms with E-state index in [1.165, 1.54) is 18.6 Å². The summed E-state index contributed by atoms with van der Waals surface area (Å²) in [5.74, 6) is -0.901. The van der Waals surface area contributed by atoms with Gasteiger partial charge in [-0.3, -0.25) is 4.79 Å². The number of nitrogens with zero attached hydrogens (tertiary/aromatic N) is 1. The molecule has 0 aliphatic carbocycles. The number of benzene rings is 2. The molecule has 5 nitrogen and oxygen atoms in total. The average Bonchev–Trinajstić information content (AvgIpc) is 2.67. The Balaban J connectivity index is 2.03. The van der Waals surface area contributed by atoms with Gasteiger partial charge in [-0.2, -0.15) is 5.26 Å². The molecule has 0 aromatic heterocycles. The second-order valence-corrected chi connectivity index (χ2v) is 6.39. The van der Waals surface area contributed by atoms with Crippen LogP contribution >= 0.6 is 0 Å². The molecule has 0 unspecified atom stereocenters. The van der Waals surface area contributed by atoms with Gasteiger partial charge in [0.05, 0.1) is 0 Å². The lowest BCUT2D eigenvalue weighted by atomic mass is 10.0. The Hall–Kier alpha value is -3.39. The van der Waals surface area contributed by atoms with Gasteiger partial charge in [-0.05, 0) is 42.2 Å². The molecule has 0 spiro atoms. The molecule has 0 bridgehead atoms. The zero-order valence-corrected chi connectivity index (χ0v) is 15.6. The van der Waals surface area contributed by atoms with E-state index in [-0.39, 0.29) is 5.57 Å². The van der Waals surface area contributed by atoms with Crippen LogP contribution in [0.1, 0.15) is 37.8 Å². The fourth-order valence-corrected chi connectivity index (χ4v) is 2.32. The molecule has 0 saturated heterocycles. The van der Waals surface area contributed by atoms with Crippen molar-refractivity contribution < 1.29 is 14.3 Å². The van der Waals surface area contributed by atoms with Crippen molar-refractivity contribution in [1.29, 1.82) is 5.26 Å². The van der Waals surface area contributed by atoms with Gasteiger partial charge in [0.1, 0.15) is 11.6 Å². The van der Waals surface area contributed by atoms with Gasteiger partial charge < -0.3 is 10.1 Å². The standard InChI is InChI=1S/C22H22N2O3/c1-15(2)18-11-9-17(10-12-18)13-19(14-23)22(26)27-16(3)21(25)24-20-7-5-4-6-8-20/h4-13,15-16H,1-3H3,(H,24,25)/b19-13+/t16-/m1/s1. The third kappa shape index (κ3) is 5.82. The maximum atomic E-state index is 12.2. The summed E-state index contributed by atoms with van der Waals surface area (Å²) >= 11 is 0. The minimum absolute atomic E-state index is 0.161. The summed E-state index contributed by atoms with van der Waals surface area (Å²) in [7, 11) is 0. The van der Waals surface area contributed by atoms with Crippen molar-refractivity contribution in [2.45, 2.75) is 32.8 Å². The normalized spacial score (nSPS) is 12.2. The maximum absolute atomic E-state index is 12.2. The minimum atomic E-state index is -1.03. The number of esters is 1. The predicted molar refractivity (Wildman–Crippen MR) is 105 cm³/mol. The first-order chi connectivity index (χ1) is 12.9. The Bertz CT molecular complexity index is 863. The number of ether oxygens (including phenoxy) is 1. The van der Waals surface area contributed by atoms with E-state index in [0.29, 0.717) is 17.2 Å². The molecule has 0 heterocycles. The number of rotatable bonds is 6. The fourth-order valence-electron chi connectivity index (χ4n) is 2.32. The van der Waals surface area contributed by atoms with Gasteiger partial charge in [0.15, 0.2) is 6.10 Å². The van der Waals surface area contributed by atoms with Crippen LogP contribution in [0.3, 0.4) is 0 Å². The van der Waals surface area contributed by atoms with E-state index in [1.807, 2.05) is 36.4 Å². The highest BCUT2D eigenvalue weighted by molar-refractivity contribution is 6.01. The van der Waals surface area contributed by atoms with Gasteiger partial charge in [-0.15, -0.1) is 0 Å². The van der Waals surface area contributed by atoms with Crippen LogP contribution in [-0.4, -0.2) is 18.0 Å². The molecule has 0 aliphatic heterocycles. The summed E-state index contributed by atoms with van der Waals surface area (Å²) < 4.78 is 5.13. The molecular formula is C22H22N2O3. The Morgan fingerprint density at radius 2 is 1.67 bits per heavy atom. The molecule has 1 amide bonds. The molecule has 0 aliphatic rings. The summed E-state index contributed by atoms with van der Waals surface area (Å²) in [5, 5.41) is 11.9. The van der Waals surface area contributed by atoms with E-state index >= 15 is 0 Å². The van der Waals surface area contributed by atoms with Crippen molar-refractivity contribution in [3.8, 4) is 6.07 Å². The van der Waals surface area contributed by atoms with Crippen LogP contribution < -0.4 is 5.32 Å². The van der Waals surface area contributed by atoms with E-state index < -0.39 is 18.0 Å². The third-order valence-electron chi connectivity index (χ3n) is 3.95. The zero-order valence-electron chi connectivity index (χ0n) is 15.6. The Kier molecular flexibility index (Phi) is 6.90. The SMILES string of the molecule is CC(C)c1ccc(/C=C(\C#N)C(=O)O[C@H](C)C(=O)Nc2ccccc2)cc1. The van der Waals surface area contributed by atoms with Crippen molar-refractivity contribution in [3.05, 3.63) is 71.3 Å². The number of para-hydroxylation sites is 1. The van der Waals surface area contributed by atoms with Crippen LogP contribution in [0.15, 0.2) is 60.2 Å². The van der Waals surface area contributed by atoms with Crippen LogP contribution in [0, 0.1) is 11.3 Å². The van der Waals surface area contributed by atoms with Gasteiger partial charge in [-0.25, -0.2) is 4.79 Å². The van der Waals surface area contributed by atoms with Gasteiger partial charge in [0, 0.05) is 5.69 Å². The average molecular weight is 362 g/mol. The van der Waals surface area contributed by atoms with Crippen molar-refractivity contribution in [2.24, 2.45) is 0 Å². The molecule has 1 atom stereocenters. The lowest BCUT2D eigenvalue weighted by Gasteiger charge is -2.13. The van der Waals surface area contributed by atoms with Crippen LogP contribution in [0.25, 0.3) is 6.08 Å². The topological polar surface area (TPSA) is 79.2 Å². The van der Waals surface area contributed by atoms with E-state index in [2.05, 4.69) is 19.2 Å². The van der Waals surface area contributed by atoms with Crippen LogP contribution in [0.4, 0.5) is 5.69 Å². The number of nitriles is 1. The van der Waals surface area contributed by atoms with Crippen molar-refractivity contribution >= 4 is 23.6 Å². The first-order valence-corrected chi connectivity index (χ1v) is 8.69. The predicted octanol–water partition coefficient (Wildman–Crippen LogP) is 4.29. The van der Waals surface area contributed by atoms with Crippen LogP contribution in [-0.2, 0) is 14.3 Å². The molecule has 5 heteroatoms. The highest BCUT2D eigenvalue weighted by Crippen LogP contribution is 2.17. The molecule has 0 radical (unpaired) electrons. The molecule has 2 aromatic rings. The van der Waals surface area contributed by atoms with E-state index in [9.17, 15) is 14.9 Å². The van der Waals surface area contributed by atoms with E-state index in [1.54, 1.807) is 24.3 Å². The largest absolute Gasteiger partial charge is 0.448 e. The van der Waals surface area contributed by atoms with Crippen molar-refractivity contribution in [2.75, 3.05) is 5.32 Å². The number of amides is 1. The highest BCUT2D eigenvalue weighted by Gasteiger charge is 2.20.